The Morgan fingerprint density at radius 1 is 1.24 bits per heavy atom. The Bertz CT molecular complexity index is 805. The highest BCUT2D eigenvalue weighted by molar-refractivity contribution is 5.83. The molecule has 5 nitrogen and oxygen atoms in total. The number of carbonyl (C=O) groups is 1. The fourth-order valence-electron chi connectivity index (χ4n) is 3.58. The first kappa shape index (κ1) is 15.8. The molecule has 0 saturated heterocycles. The molecule has 130 valence electrons. The Morgan fingerprint density at radius 3 is 2.92 bits per heavy atom. The van der Waals surface area contributed by atoms with Crippen molar-refractivity contribution in [3.05, 3.63) is 53.6 Å². The molecule has 0 radical (unpaired) electrons. The molecule has 25 heavy (non-hydrogen) atoms. The van der Waals surface area contributed by atoms with E-state index in [4.69, 9.17) is 9.47 Å². The molecule has 5 heteroatoms. The summed E-state index contributed by atoms with van der Waals surface area (Å²) >= 11 is 0. The smallest absolute Gasteiger partial charge is 0.240 e. The van der Waals surface area contributed by atoms with E-state index in [2.05, 4.69) is 35.3 Å². The van der Waals surface area contributed by atoms with Gasteiger partial charge in [-0.3, -0.25) is 4.79 Å². The van der Waals surface area contributed by atoms with Gasteiger partial charge in [-0.15, -0.1) is 0 Å². The average molecular weight is 338 g/mol. The third-order valence-electron chi connectivity index (χ3n) is 4.94. The van der Waals surface area contributed by atoms with Crippen LogP contribution in [0.1, 0.15) is 31.0 Å². The normalized spacial score (nSPS) is 18.8. The van der Waals surface area contributed by atoms with Gasteiger partial charge >= 0.3 is 0 Å². The van der Waals surface area contributed by atoms with E-state index in [1.807, 2.05) is 31.2 Å². The number of hydrogen-bond acceptors (Lipinski definition) is 4. The number of benzene rings is 2. The second kappa shape index (κ2) is 6.31. The lowest BCUT2D eigenvalue weighted by Gasteiger charge is -2.25. The van der Waals surface area contributed by atoms with Crippen molar-refractivity contribution in [2.75, 3.05) is 18.2 Å². The van der Waals surface area contributed by atoms with Gasteiger partial charge in [-0.25, -0.2) is 0 Å². The third-order valence-corrected chi connectivity index (χ3v) is 4.94. The van der Waals surface area contributed by atoms with Crippen LogP contribution in [0.25, 0.3) is 0 Å². The Hall–Kier alpha value is -2.69. The Labute approximate surface area is 147 Å². The summed E-state index contributed by atoms with van der Waals surface area (Å²) in [5, 5.41) is 3.09. The van der Waals surface area contributed by atoms with E-state index in [0.717, 1.165) is 23.5 Å². The molecule has 2 atom stereocenters. The first-order valence-electron chi connectivity index (χ1n) is 8.65. The number of hydrogen-bond donors (Lipinski definition) is 1. The van der Waals surface area contributed by atoms with Crippen LogP contribution in [0.4, 0.5) is 5.69 Å². The van der Waals surface area contributed by atoms with E-state index >= 15 is 0 Å². The molecule has 1 N–H and O–H groups in total. The fourth-order valence-corrected chi connectivity index (χ4v) is 3.58. The van der Waals surface area contributed by atoms with E-state index in [1.54, 1.807) is 0 Å². The number of amides is 1. The van der Waals surface area contributed by atoms with Gasteiger partial charge in [-0.2, -0.15) is 0 Å². The zero-order valence-electron chi connectivity index (χ0n) is 14.5. The van der Waals surface area contributed by atoms with Crippen LogP contribution in [-0.4, -0.2) is 25.3 Å². The molecule has 0 bridgehead atoms. The van der Waals surface area contributed by atoms with E-state index in [9.17, 15) is 4.79 Å². The van der Waals surface area contributed by atoms with Crippen molar-refractivity contribution in [3.63, 3.8) is 0 Å². The molecule has 2 heterocycles. The van der Waals surface area contributed by atoms with Crippen molar-refractivity contribution in [1.29, 1.82) is 0 Å². The second-order valence-corrected chi connectivity index (χ2v) is 6.71. The van der Waals surface area contributed by atoms with Crippen molar-refractivity contribution in [2.45, 2.75) is 32.4 Å². The predicted octanol–water partition coefficient (Wildman–Crippen LogP) is 3.04. The molecule has 0 spiro atoms. The molecule has 4 rings (SSSR count). The number of nitrogens with zero attached hydrogens (tertiary/aromatic N) is 1. The van der Waals surface area contributed by atoms with Crippen molar-refractivity contribution >= 4 is 11.6 Å². The van der Waals surface area contributed by atoms with Crippen molar-refractivity contribution in [1.82, 2.24) is 5.32 Å². The molecular weight excluding hydrogens is 316 g/mol. The Kier molecular flexibility index (Phi) is 3.99. The number of anilines is 1. The lowest BCUT2D eigenvalue weighted by molar-refractivity contribution is -0.120. The quantitative estimate of drug-likeness (QED) is 0.931. The van der Waals surface area contributed by atoms with Crippen molar-refractivity contribution in [3.8, 4) is 11.5 Å². The monoisotopic (exact) mass is 338 g/mol. The molecule has 1 amide bonds. The van der Waals surface area contributed by atoms with Gasteiger partial charge in [0.1, 0.15) is 0 Å². The van der Waals surface area contributed by atoms with Crippen LogP contribution in [0.5, 0.6) is 11.5 Å². The highest BCUT2D eigenvalue weighted by Crippen LogP contribution is 2.34. The standard InChI is InChI=1S/C20H22N2O3/c1-13-9-16-5-3-4-6-17(16)22(13)11-20(23)21-14(2)15-7-8-18-19(10-15)25-12-24-18/h3-8,10,13-14H,9,11-12H2,1-2H3,(H,21,23)/t13-,14+/m1/s1. The van der Waals surface area contributed by atoms with Crippen LogP contribution in [0.2, 0.25) is 0 Å². The lowest BCUT2D eigenvalue weighted by Crippen LogP contribution is -2.40. The highest BCUT2D eigenvalue weighted by Gasteiger charge is 2.27. The van der Waals surface area contributed by atoms with Crippen LogP contribution in [0, 0.1) is 0 Å². The third kappa shape index (κ3) is 3.02. The zero-order valence-corrected chi connectivity index (χ0v) is 14.5. The predicted molar refractivity (Wildman–Crippen MR) is 96.1 cm³/mol. The maximum Gasteiger partial charge on any atom is 0.240 e. The van der Waals surface area contributed by atoms with Crippen LogP contribution in [-0.2, 0) is 11.2 Å². The van der Waals surface area contributed by atoms with Gasteiger partial charge in [0, 0.05) is 11.7 Å². The topological polar surface area (TPSA) is 50.8 Å². The molecule has 0 aliphatic carbocycles. The summed E-state index contributed by atoms with van der Waals surface area (Å²) in [7, 11) is 0. The van der Waals surface area contributed by atoms with E-state index in [0.29, 0.717) is 12.6 Å². The van der Waals surface area contributed by atoms with Crippen molar-refractivity contribution in [2.24, 2.45) is 0 Å². The summed E-state index contributed by atoms with van der Waals surface area (Å²) in [4.78, 5) is 14.7. The van der Waals surface area contributed by atoms with E-state index in [-0.39, 0.29) is 18.7 Å². The number of para-hydroxylation sites is 1. The number of carbonyl (C=O) groups excluding carboxylic acids is 1. The van der Waals surface area contributed by atoms with Crippen LogP contribution >= 0.6 is 0 Å². The van der Waals surface area contributed by atoms with E-state index in [1.165, 1.54) is 11.3 Å². The minimum Gasteiger partial charge on any atom is -0.454 e. The summed E-state index contributed by atoms with van der Waals surface area (Å²) in [5.74, 6) is 1.51. The molecule has 0 unspecified atom stereocenters. The van der Waals surface area contributed by atoms with Gasteiger partial charge in [0.05, 0.1) is 12.6 Å². The molecule has 0 saturated carbocycles. The molecule has 2 aliphatic rings. The summed E-state index contributed by atoms with van der Waals surface area (Å²) < 4.78 is 10.7. The summed E-state index contributed by atoms with van der Waals surface area (Å²) in [5.41, 5.74) is 3.49. The Morgan fingerprint density at radius 2 is 2.04 bits per heavy atom. The first-order chi connectivity index (χ1) is 12.1. The molecule has 2 aliphatic heterocycles. The second-order valence-electron chi connectivity index (χ2n) is 6.71. The molecule has 0 aromatic heterocycles. The zero-order chi connectivity index (χ0) is 17.4. The SMILES string of the molecule is C[C@H](NC(=O)CN1c2ccccc2C[C@H]1C)c1ccc2c(c1)OCO2. The number of rotatable bonds is 4. The van der Waals surface area contributed by atoms with Gasteiger partial charge in [0.2, 0.25) is 12.7 Å². The molecule has 2 aromatic carbocycles. The minimum atomic E-state index is -0.0878. The number of fused-ring (bicyclic) bond motifs is 2. The van der Waals surface area contributed by atoms with Gasteiger partial charge in [-0.05, 0) is 49.6 Å². The number of nitrogens with one attached hydrogen (secondary N) is 1. The number of ether oxygens (including phenoxy) is 2. The highest BCUT2D eigenvalue weighted by atomic mass is 16.7. The molecule has 2 aromatic rings. The van der Waals surface area contributed by atoms with Crippen LogP contribution in [0.15, 0.2) is 42.5 Å². The van der Waals surface area contributed by atoms with Crippen LogP contribution < -0.4 is 19.7 Å². The van der Waals surface area contributed by atoms with Gasteiger partial charge in [0.25, 0.3) is 0 Å². The first-order valence-corrected chi connectivity index (χ1v) is 8.65. The largest absolute Gasteiger partial charge is 0.454 e. The fraction of sp³-hybridized carbons (Fsp3) is 0.350. The summed E-state index contributed by atoms with van der Waals surface area (Å²) in [6.45, 7) is 4.77. The average Bonchev–Trinajstić information content (AvgIpc) is 3.19. The minimum absolute atomic E-state index is 0.0220. The molecular formula is C20H22N2O3. The van der Waals surface area contributed by atoms with Gasteiger partial charge in [-0.1, -0.05) is 24.3 Å². The van der Waals surface area contributed by atoms with Gasteiger partial charge in [0.15, 0.2) is 11.5 Å². The maximum atomic E-state index is 12.6. The van der Waals surface area contributed by atoms with Crippen molar-refractivity contribution < 1.29 is 14.3 Å². The maximum absolute atomic E-state index is 12.6. The van der Waals surface area contributed by atoms with Crippen LogP contribution in [0.3, 0.4) is 0 Å². The van der Waals surface area contributed by atoms with Gasteiger partial charge < -0.3 is 19.7 Å². The lowest BCUT2D eigenvalue weighted by atomic mass is 10.1. The van der Waals surface area contributed by atoms with E-state index < -0.39 is 0 Å². The summed E-state index contributed by atoms with van der Waals surface area (Å²) in [6, 6.07) is 14.3. The molecule has 0 fully saturated rings. The Balaban J connectivity index is 1.42. The summed E-state index contributed by atoms with van der Waals surface area (Å²) in [6.07, 6.45) is 0.987.